The molecular formula is C18H30FN. The fraction of sp³-hybridized carbons (Fsp3) is 0.667. The summed E-state index contributed by atoms with van der Waals surface area (Å²) in [5.41, 5.74) is 7.04. The van der Waals surface area contributed by atoms with Gasteiger partial charge in [-0.3, -0.25) is 0 Å². The minimum Gasteiger partial charge on any atom is -0.322 e. The molecular weight excluding hydrogens is 249 g/mol. The number of hydrogen-bond acceptors (Lipinski definition) is 1. The van der Waals surface area contributed by atoms with Gasteiger partial charge in [-0.2, -0.15) is 0 Å². The largest absolute Gasteiger partial charge is 0.322 e. The summed E-state index contributed by atoms with van der Waals surface area (Å²) in [5.74, 6) is -0.198. The summed E-state index contributed by atoms with van der Waals surface area (Å²) in [6, 6.07) is 6.60. The fourth-order valence-corrected chi connectivity index (χ4v) is 2.60. The van der Waals surface area contributed by atoms with Crippen LogP contribution in [-0.2, 0) is 5.54 Å². The molecule has 0 bridgehead atoms. The van der Waals surface area contributed by atoms with Gasteiger partial charge in [-0.15, -0.1) is 0 Å². The molecule has 0 saturated heterocycles. The number of unbranched alkanes of at least 4 members (excludes halogenated alkanes) is 7. The second kappa shape index (κ2) is 9.12. The molecule has 0 radical (unpaired) electrons. The number of rotatable bonds is 10. The lowest BCUT2D eigenvalue weighted by atomic mass is 9.87. The van der Waals surface area contributed by atoms with Crippen LogP contribution in [-0.4, -0.2) is 0 Å². The quantitative estimate of drug-likeness (QED) is 0.560. The molecule has 1 unspecified atom stereocenters. The highest BCUT2D eigenvalue weighted by atomic mass is 19.1. The normalized spacial score (nSPS) is 14.2. The number of halogens is 1. The van der Waals surface area contributed by atoms with Crippen LogP contribution in [0.15, 0.2) is 24.3 Å². The Morgan fingerprint density at radius 2 is 1.40 bits per heavy atom. The van der Waals surface area contributed by atoms with Crippen molar-refractivity contribution in [2.75, 3.05) is 0 Å². The molecule has 1 nitrogen and oxygen atoms in total. The second-order valence-electron chi connectivity index (χ2n) is 6.15. The fourth-order valence-electron chi connectivity index (χ4n) is 2.60. The summed E-state index contributed by atoms with van der Waals surface area (Å²) in [6.07, 6.45) is 11.4. The van der Waals surface area contributed by atoms with Crippen LogP contribution in [0.2, 0.25) is 0 Å². The van der Waals surface area contributed by atoms with Crippen molar-refractivity contribution in [3.8, 4) is 0 Å². The van der Waals surface area contributed by atoms with Crippen LogP contribution >= 0.6 is 0 Å². The minimum atomic E-state index is -0.337. The van der Waals surface area contributed by atoms with E-state index in [-0.39, 0.29) is 11.4 Å². The van der Waals surface area contributed by atoms with Crippen molar-refractivity contribution in [1.29, 1.82) is 0 Å². The maximum atomic E-state index is 12.9. The Morgan fingerprint density at radius 1 is 0.900 bits per heavy atom. The summed E-state index contributed by atoms with van der Waals surface area (Å²) in [6.45, 7) is 4.29. The highest BCUT2D eigenvalue weighted by Gasteiger charge is 2.20. The summed E-state index contributed by atoms with van der Waals surface area (Å²) in [7, 11) is 0. The number of hydrogen-bond donors (Lipinski definition) is 1. The molecule has 1 aromatic carbocycles. The van der Waals surface area contributed by atoms with E-state index in [0.29, 0.717) is 0 Å². The zero-order chi connectivity index (χ0) is 14.8. The van der Waals surface area contributed by atoms with E-state index < -0.39 is 0 Å². The van der Waals surface area contributed by atoms with E-state index in [4.69, 9.17) is 5.73 Å². The molecule has 2 N–H and O–H groups in total. The van der Waals surface area contributed by atoms with Crippen LogP contribution < -0.4 is 5.73 Å². The maximum absolute atomic E-state index is 12.9. The van der Waals surface area contributed by atoms with Gasteiger partial charge in [-0.1, -0.05) is 70.4 Å². The van der Waals surface area contributed by atoms with E-state index in [1.165, 1.54) is 57.1 Å². The van der Waals surface area contributed by atoms with Crippen LogP contribution in [0.4, 0.5) is 4.39 Å². The molecule has 0 heterocycles. The Labute approximate surface area is 123 Å². The molecule has 0 spiro atoms. The molecule has 114 valence electrons. The molecule has 1 rings (SSSR count). The highest BCUT2D eigenvalue weighted by Crippen LogP contribution is 2.24. The second-order valence-corrected chi connectivity index (χ2v) is 6.15. The molecule has 0 aliphatic heterocycles. The summed E-state index contributed by atoms with van der Waals surface area (Å²) < 4.78 is 12.9. The average Bonchev–Trinajstić information content (AvgIpc) is 2.42. The summed E-state index contributed by atoms with van der Waals surface area (Å²) >= 11 is 0. The lowest BCUT2D eigenvalue weighted by Gasteiger charge is -2.25. The van der Waals surface area contributed by atoms with Gasteiger partial charge in [-0.25, -0.2) is 4.39 Å². The first-order valence-electron chi connectivity index (χ1n) is 8.11. The van der Waals surface area contributed by atoms with Gasteiger partial charge < -0.3 is 5.73 Å². The molecule has 0 aliphatic rings. The van der Waals surface area contributed by atoms with Gasteiger partial charge in [0.1, 0.15) is 5.82 Å². The van der Waals surface area contributed by atoms with Crippen molar-refractivity contribution in [1.82, 2.24) is 0 Å². The Kier molecular flexibility index (Phi) is 7.83. The minimum absolute atomic E-state index is 0.198. The number of benzene rings is 1. The third-order valence-corrected chi connectivity index (χ3v) is 4.05. The van der Waals surface area contributed by atoms with Crippen LogP contribution in [0.1, 0.15) is 77.2 Å². The molecule has 0 aromatic heterocycles. The summed E-state index contributed by atoms with van der Waals surface area (Å²) in [5, 5.41) is 0. The monoisotopic (exact) mass is 279 g/mol. The van der Waals surface area contributed by atoms with E-state index in [2.05, 4.69) is 6.92 Å². The third kappa shape index (κ3) is 6.51. The van der Waals surface area contributed by atoms with E-state index in [0.717, 1.165) is 18.4 Å². The van der Waals surface area contributed by atoms with Crippen LogP contribution in [0.25, 0.3) is 0 Å². The van der Waals surface area contributed by atoms with Crippen molar-refractivity contribution >= 4 is 0 Å². The predicted molar refractivity (Wildman–Crippen MR) is 85.2 cm³/mol. The van der Waals surface area contributed by atoms with Gasteiger partial charge in [0.05, 0.1) is 0 Å². The molecule has 20 heavy (non-hydrogen) atoms. The van der Waals surface area contributed by atoms with Crippen molar-refractivity contribution in [2.45, 2.75) is 77.2 Å². The highest BCUT2D eigenvalue weighted by molar-refractivity contribution is 5.23. The first kappa shape index (κ1) is 17.2. The van der Waals surface area contributed by atoms with Crippen molar-refractivity contribution < 1.29 is 4.39 Å². The third-order valence-electron chi connectivity index (χ3n) is 4.05. The zero-order valence-electron chi connectivity index (χ0n) is 13.1. The van der Waals surface area contributed by atoms with Crippen molar-refractivity contribution in [3.63, 3.8) is 0 Å². The van der Waals surface area contributed by atoms with Crippen LogP contribution in [0.5, 0.6) is 0 Å². The van der Waals surface area contributed by atoms with Gasteiger partial charge in [0, 0.05) is 5.54 Å². The lowest BCUT2D eigenvalue weighted by Crippen LogP contribution is -2.32. The van der Waals surface area contributed by atoms with Gasteiger partial charge in [0.15, 0.2) is 0 Å². The van der Waals surface area contributed by atoms with Gasteiger partial charge in [0.2, 0.25) is 0 Å². The average molecular weight is 279 g/mol. The molecule has 0 fully saturated rings. The Bertz CT molecular complexity index is 356. The van der Waals surface area contributed by atoms with Crippen LogP contribution in [0, 0.1) is 5.82 Å². The van der Waals surface area contributed by atoms with Crippen molar-refractivity contribution in [2.24, 2.45) is 5.73 Å². The predicted octanol–water partition coefficient (Wildman–Crippen LogP) is 5.53. The van der Waals surface area contributed by atoms with Gasteiger partial charge >= 0.3 is 0 Å². The van der Waals surface area contributed by atoms with E-state index in [1.54, 1.807) is 12.1 Å². The van der Waals surface area contributed by atoms with E-state index >= 15 is 0 Å². The van der Waals surface area contributed by atoms with Gasteiger partial charge in [0.25, 0.3) is 0 Å². The maximum Gasteiger partial charge on any atom is 0.123 e. The Hall–Kier alpha value is -0.890. The smallest absolute Gasteiger partial charge is 0.123 e. The first-order chi connectivity index (χ1) is 9.56. The molecule has 2 heteroatoms. The molecule has 1 aromatic rings. The summed E-state index contributed by atoms with van der Waals surface area (Å²) in [4.78, 5) is 0. The molecule has 0 amide bonds. The topological polar surface area (TPSA) is 26.0 Å². The van der Waals surface area contributed by atoms with Gasteiger partial charge in [-0.05, 0) is 31.0 Å². The van der Waals surface area contributed by atoms with E-state index in [1.807, 2.05) is 6.92 Å². The number of nitrogens with two attached hydrogens (primary N) is 1. The van der Waals surface area contributed by atoms with E-state index in [9.17, 15) is 4.39 Å². The molecule has 1 atom stereocenters. The zero-order valence-corrected chi connectivity index (χ0v) is 13.1. The van der Waals surface area contributed by atoms with Crippen molar-refractivity contribution in [3.05, 3.63) is 35.6 Å². The molecule has 0 saturated carbocycles. The molecule has 0 aliphatic carbocycles. The van der Waals surface area contributed by atoms with Crippen LogP contribution in [0.3, 0.4) is 0 Å². The Morgan fingerprint density at radius 3 is 1.95 bits per heavy atom. The standard InChI is InChI=1S/C18H30FN/c1-3-4-5-6-7-8-9-10-15-18(2,20)16-11-13-17(19)14-12-16/h11-14H,3-10,15,20H2,1-2H3. The first-order valence-corrected chi connectivity index (χ1v) is 8.11. The Balaban J connectivity index is 2.18. The lowest BCUT2D eigenvalue weighted by molar-refractivity contribution is 0.420. The SMILES string of the molecule is CCCCCCCCCCC(C)(N)c1ccc(F)cc1.